The van der Waals surface area contributed by atoms with Crippen LogP contribution in [0.5, 0.6) is 5.75 Å². The highest BCUT2D eigenvalue weighted by Crippen LogP contribution is 2.27. The fraction of sp³-hybridized carbons (Fsp3) is 0.654. The summed E-state index contributed by atoms with van der Waals surface area (Å²) in [6.07, 6.45) is 5.59. The van der Waals surface area contributed by atoms with Crippen LogP contribution in [0.3, 0.4) is 0 Å². The van der Waals surface area contributed by atoms with Gasteiger partial charge in [-0.25, -0.2) is 0 Å². The summed E-state index contributed by atoms with van der Waals surface area (Å²) >= 11 is 0. The maximum absolute atomic E-state index is 13.4. The molecule has 33 heavy (non-hydrogen) atoms. The fourth-order valence-corrected chi connectivity index (χ4v) is 4.73. The average Bonchev–Trinajstić information content (AvgIpc) is 2.84. The minimum absolute atomic E-state index is 0.0308. The molecular formula is C26H39N3O4. The van der Waals surface area contributed by atoms with E-state index in [1.54, 1.807) is 0 Å². The van der Waals surface area contributed by atoms with Crippen molar-refractivity contribution in [3.05, 3.63) is 30.3 Å². The molecule has 0 radical (unpaired) electrons. The molecule has 7 heteroatoms. The summed E-state index contributed by atoms with van der Waals surface area (Å²) in [6, 6.07) is 9.60. The van der Waals surface area contributed by atoms with Crippen LogP contribution in [0, 0.1) is 11.8 Å². The second kappa shape index (κ2) is 12.6. The van der Waals surface area contributed by atoms with Crippen molar-refractivity contribution in [2.75, 3.05) is 32.8 Å². The maximum Gasteiger partial charge on any atom is 0.227 e. The van der Waals surface area contributed by atoms with E-state index in [-0.39, 0.29) is 35.6 Å². The number of benzene rings is 1. The Labute approximate surface area is 197 Å². The number of ether oxygens (including phenoxy) is 1. The van der Waals surface area contributed by atoms with Gasteiger partial charge in [-0.3, -0.25) is 14.4 Å². The van der Waals surface area contributed by atoms with Crippen LogP contribution in [0.15, 0.2) is 30.3 Å². The third kappa shape index (κ3) is 7.21. The Morgan fingerprint density at radius 1 is 1.06 bits per heavy atom. The minimum Gasteiger partial charge on any atom is -0.493 e. The number of hydrogen-bond acceptors (Lipinski definition) is 4. The van der Waals surface area contributed by atoms with Crippen molar-refractivity contribution in [3.63, 3.8) is 0 Å². The summed E-state index contributed by atoms with van der Waals surface area (Å²) < 4.78 is 5.66. The summed E-state index contributed by atoms with van der Waals surface area (Å²) in [4.78, 5) is 42.4. The molecule has 2 heterocycles. The summed E-state index contributed by atoms with van der Waals surface area (Å²) in [5.41, 5.74) is 0. The summed E-state index contributed by atoms with van der Waals surface area (Å²) in [5.74, 6) is 0.604. The number of rotatable bonds is 9. The Morgan fingerprint density at radius 2 is 1.85 bits per heavy atom. The van der Waals surface area contributed by atoms with Crippen LogP contribution in [-0.4, -0.2) is 66.3 Å². The van der Waals surface area contributed by atoms with Crippen LogP contribution < -0.4 is 10.1 Å². The normalized spacial score (nSPS) is 23.2. The molecule has 2 aliphatic rings. The van der Waals surface area contributed by atoms with Gasteiger partial charge < -0.3 is 19.9 Å². The van der Waals surface area contributed by atoms with Gasteiger partial charge in [0.1, 0.15) is 5.75 Å². The van der Waals surface area contributed by atoms with E-state index in [0.29, 0.717) is 39.2 Å². The number of amides is 3. The third-order valence-electron chi connectivity index (χ3n) is 6.82. The number of carbonyl (C=O) groups is 3. The lowest BCUT2D eigenvalue weighted by Gasteiger charge is -2.41. The molecule has 3 amide bonds. The van der Waals surface area contributed by atoms with E-state index in [4.69, 9.17) is 4.74 Å². The van der Waals surface area contributed by atoms with Crippen molar-refractivity contribution in [3.8, 4) is 5.75 Å². The molecule has 3 atom stereocenters. The molecular weight excluding hydrogens is 418 g/mol. The lowest BCUT2D eigenvalue weighted by Crippen LogP contribution is -2.53. The van der Waals surface area contributed by atoms with Crippen molar-refractivity contribution in [2.24, 2.45) is 11.8 Å². The van der Waals surface area contributed by atoms with Crippen molar-refractivity contribution in [1.29, 1.82) is 0 Å². The number of likely N-dealkylation sites (tertiary alicyclic amines) is 2. The van der Waals surface area contributed by atoms with Crippen molar-refractivity contribution < 1.29 is 19.1 Å². The zero-order valence-corrected chi connectivity index (χ0v) is 20.1. The molecule has 1 N–H and O–H groups in total. The molecule has 182 valence electrons. The summed E-state index contributed by atoms with van der Waals surface area (Å²) in [7, 11) is 0. The molecule has 1 aromatic rings. The Balaban J connectivity index is 1.50. The Bertz CT molecular complexity index is 785. The van der Waals surface area contributed by atoms with E-state index in [1.807, 2.05) is 40.1 Å². The number of para-hydroxylation sites is 1. The highest BCUT2D eigenvalue weighted by Gasteiger charge is 2.37. The molecule has 3 unspecified atom stereocenters. The Kier molecular flexibility index (Phi) is 9.58. The second-order valence-electron chi connectivity index (χ2n) is 9.35. The van der Waals surface area contributed by atoms with Gasteiger partial charge in [-0.2, -0.15) is 0 Å². The molecule has 0 bridgehead atoms. The number of unbranched alkanes of at least 4 members (excludes halogenated alkanes) is 1. The fourth-order valence-electron chi connectivity index (χ4n) is 4.73. The maximum atomic E-state index is 13.4. The van der Waals surface area contributed by atoms with Gasteiger partial charge >= 0.3 is 0 Å². The highest BCUT2D eigenvalue weighted by molar-refractivity contribution is 5.84. The van der Waals surface area contributed by atoms with Crippen LogP contribution in [0.25, 0.3) is 0 Å². The minimum atomic E-state index is -0.193. The predicted molar refractivity (Wildman–Crippen MR) is 128 cm³/mol. The van der Waals surface area contributed by atoms with Crippen LogP contribution in [-0.2, 0) is 14.4 Å². The quantitative estimate of drug-likeness (QED) is 0.578. The van der Waals surface area contributed by atoms with Crippen LogP contribution in [0.2, 0.25) is 0 Å². The molecule has 2 saturated heterocycles. The number of hydrogen-bond donors (Lipinski definition) is 1. The third-order valence-corrected chi connectivity index (χ3v) is 6.82. The van der Waals surface area contributed by atoms with Gasteiger partial charge in [-0.15, -0.1) is 0 Å². The van der Waals surface area contributed by atoms with Gasteiger partial charge in [-0.05, 0) is 51.2 Å². The second-order valence-corrected chi connectivity index (χ2v) is 9.35. The van der Waals surface area contributed by atoms with E-state index >= 15 is 0 Å². The average molecular weight is 458 g/mol. The summed E-state index contributed by atoms with van der Waals surface area (Å²) in [6.45, 7) is 6.82. The number of carbonyl (C=O) groups excluding carboxylic acids is 3. The molecule has 0 spiro atoms. The van der Waals surface area contributed by atoms with Crippen LogP contribution in [0.4, 0.5) is 0 Å². The smallest absolute Gasteiger partial charge is 0.227 e. The molecule has 2 aliphatic heterocycles. The summed E-state index contributed by atoms with van der Waals surface area (Å²) in [5, 5.41) is 3.02. The SMILES string of the molecule is CCCCNC(=O)C1CCC(C)N(C(=O)C2CCCN(C(=O)CCOc3ccccc3)C2)C1. The van der Waals surface area contributed by atoms with E-state index in [2.05, 4.69) is 19.2 Å². The molecule has 0 aliphatic carbocycles. The Morgan fingerprint density at radius 3 is 2.61 bits per heavy atom. The van der Waals surface area contributed by atoms with E-state index in [1.165, 1.54) is 0 Å². The first-order valence-corrected chi connectivity index (χ1v) is 12.5. The van der Waals surface area contributed by atoms with Gasteiger partial charge in [0.15, 0.2) is 0 Å². The number of nitrogens with zero attached hydrogens (tertiary/aromatic N) is 2. The largest absolute Gasteiger partial charge is 0.493 e. The van der Waals surface area contributed by atoms with Crippen LogP contribution >= 0.6 is 0 Å². The van der Waals surface area contributed by atoms with Crippen molar-refractivity contribution in [1.82, 2.24) is 15.1 Å². The first kappa shape index (κ1) is 25.1. The molecule has 0 saturated carbocycles. The van der Waals surface area contributed by atoms with E-state index in [9.17, 15) is 14.4 Å². The van der Waals surface area contributed by atoms with Gasteiger partial charge in [-0.1, -0.05) is 31.5 Å². The van der Waals surface area contributed by atoms with Crippen LogP contribution in [0.1, 0.15) is 58.8 Å². The highest BCUT2D eigenvalue weighted by atomic mass is 16.5. The molecule has 1 aromatic carbocycles. The van der Waals surface area contributed by atoms with Gasteiger partial charge in [0, 0.05) is 32.2 Å². The monoisotopic (exact) mass is 457 g/mol. The van der Waals surface area contributed by atoms with Gasteiger partial charge in [0.05, 0.1) is 24.9 Å². The number of nitrogens with one attached hydrogen (secondary N) is 1. The van der Waals surface area contributed by atoms with E-state index in [0.717, 1.165) is 44.3 Å². The molecule has 3 rings (SSSR count). The first-order chi connectivity index (χ1) is 16.0. The standard InChI is InChI=1S/C26H39N3O4/c1-3-4-15-27-25(31)21-13-12-20(2)29(19-21)26(32)22-9-8-16-28(18-22)24(30)14-17-33-23-10-6-5-7-11-23/h5-7,10-11,20-22H,3-4,8-9,12-19H2,1-2H3,(H,27,31). The van der Waals surface area contributed by atoms with Crippen molar-refractivity contribution in [2.45, 2.75) is 64.8 Å². The molecule has 0 aromatic heterocycles. The lowest BCUT2D eigenvalue weighted by atomic mass is 9.89. The topological polar surface area (TPSA) is 79.0 Å². The Hall–Kier alpha value is -2.57. The molecule has 7 nitrogen and oxygen atoms in total. The molecule has 2 fully saturated rings. The lowest BCUT2D eigenvalue weighted by molar-refractivity contribution is -0.145. The first-order valence-electron chi connectivity index (χ1n) is 12.5. The zero-order chi connectivity index (χ0) is 23.6. The number of piperidine rings is 2. The van der Waals surface area contributed by atoms with E-state index < -0.39 is 0 Å². The van der Waals surface area contributed by atoms with Gasteiger partial charge in [0.25, 0.3) is 0 Å². The van der Waals surface area contributed by atoms with Gasteiger partial charge in [0.2, 0.25) is 17.7 Å². The predicted octanol–water partition coefficient (Wildman–Crippen LogP) is 3.24. The van der Waals surface area contributed by atoms with Crippen molar-refractivity contribution >= 4 is 17.7 Å². The zero-order valence-electron chi connectivity index (χ0n) is 20.1.